The predicted molar refractivity (Wildman–Crippen MR) is 61.1 cm³/mol. The van der Waals surface area contributed by atoms with Crippen LogP contribution in [0.25, 0.3) is 0 Å². The molecule has 0 saturated heterocycles. The molecule has 0 unspecified atom stereocenters. The first-order chi connectivity index (χ1) is 6.43. The lowest BCUT2D eigenvalue weighted by Gasteiger charge is -2.36. The third kappa shape index (κ3) is 2.71. The van der Waals surface area contributed by atoms with Crippen LogP contribution in [0.15, 0.2) is 23.8 Å². The van der Waals surface area contributed by atoms with Gasteiger partial charge in [0.25, 0.3) is 0 Å². The summed E-state index contributed by atoms with van der Waals surface area (Å²) < 4.78 is 0. The van der Waals surface area contributed by atoms with Crippen molar-refractivity contribution in [1.82, 2.24) is 0 Å². The Kier molecular flexibility index (Phi) is 3.54. The van der Waals surface area contributed by atoms with Crippen molar-refractivity contribution in [3.63, 3.8) is 0 Å². The van der Waals surface area contributed by atoms with Gasteiger partial charge in [-0.25, -0.2) is 0 Å². The van der Waals surface area contributed by atoms with Gasteiger partial charge >= 0.3 is 0 Å². The molecule has 1 N–H and O–H groups in total. The van der Waals surface area contributed by atoms with Crippen molar-refractivity contribution >= 4 is 0 Å². The minimum atomic E-state index is -0.333. The lowest BCUT2D eigenvalue weighted by atomic mass is 9.68. The van der Waals surface area contributed by atoms with E-state index in [1.165, 1.54) is 18.4 Å². The van der Waals surface area contributed by atoms with E-state index in [1.807, 2.05) is 6.08 Å². The Morgan fingerprint density at radius 2 is 2.21 bits per heavy atom. The Balaban J connectivity index is 2.81. The van der Waals surface area contributed by atoms with Gasteiger partial charge in [-0.1, -0.05) is 37.6 Å². The van der Waals surface area contributed by atoms with Crippen molar-refractivity contribution in [2.45, 2.75) is 46.6 Å². The highest BCUT2D eigenvalue weighted by Gasteiger charge is 2.30. The van der Waals surface area contributed by atoms with Crippen molar-refractivity contribution in [3.05, 3.63) is 23.8 Å². The Labute approximate surface area is 87.5 Å². The van der Waals surface area contributed by atoms with Crippen molar-refractivity contribution in [2.24, 2.45) is 11.3 Å². The summed E-state index contributed by atoms with van der Waals surface area (Å²) in [4.78, 5) is 0. The Morgan fingerprint density at radius 3 is 2.71 bits per heavy atom. The second kappa shape index (κ2) is 4.31. The highest BCUT2D eigenvalue weighted by atomic mass is 16.3. The van der Waals surface area contributed by atoms with E-state index >= 15 is 0 Å². The zero-order valence-corrected chi connectivity index (χ0v) is 9.75. The van der Waals surface area contributed by atoms with Gasteiger partial charge in [-0.2, -0.15) is 0 Å². The molecule has 2 atom stereocenters. The molecule has 14 heavy (non-hydrogen) atoms. The van der Waals surface area contributed by atoms with Crippen LogP contribution < -0.4 is 0 Å². The minimum Gasteiger partial charge on any atom is -0.389 e. The topological polar surface area (TPSA) is 20.2 Å². The van der Waals surface area contributed by atoms with E-state index in [0.29, 0.717) is 11.3 Å². The molecule has 1 aliphatic carbocycles. The molecule has 1 aliphatic rings. The van der Waals surface area contributed by atoms with Gasteiger partial charge in [0, 0.05) is 5.92 Å². The van der Waals surface area contributed by atoms with Crippen molar-refractivity contribution in [3.8, 4) is 0 Å². The van der Waals surface area contributed by atoms with Crippen molar-refractivity contribution in [1.29, 1.82) is 0 Å². The molecule has 0 bridgehead atoms. The molecular formula is C13H22O. The largest absolute Gasteiger partial charge is 0.389 e. The van der Waals surface area contributed by atoms with E-state index in [0.717, 1.165) is 0 Å². The maximum Gasteiger partial charge on any atom is 0.0692 e. The molecule has 0 saturated carbocycles. The summed E-state index contributed by atoms with van der Waals surface area (Å²) in [5.74, 6) is 0.492. The van der Waals surface area contributed by atoms with E-state index in [4.69, 9.17) is 0 Å². The first-order valence-corrected chi connectivity index (χ1v) is 5.46. The van der Waals surface area contributed by atoms with Crippen molar-refractivity contribution in [2.75, 3.05) is 0 Å². The summed E-state index contributed by atoms with van der Waals surface area (Å²) in [6.07, 6.45) is 8.48. The molecular weight excluding hydrogens is 172 g/mol. The second-order valence-electron chi connectivity index (χ2n) is 5.08. The van der Waals surface area contributed by atoms with Gasteiger partial charge in [-0.05, 0) is 32.1 Å². The molecule has 0 aromatic carbocycles. The summed E-state index contributed by atoms with van der Waals surface area (Å²) in [5, 5.41) is 9.23. The maximum atomic E-state index is 9.23. The monoisotopic (exact) mass is 194 g/mol. The fourth-order valence-corrected chi connectivity index (χ4v) is 2.25. The third-order valence-corrected chi connectivity index (χ3v) is 3.17. The molecule has 0 radical (unpaired) electrons. The van der Waals surface area contributed by atoms with Gasteiger partial charge < -0.3 is 5.11 Å². The van der Waals surface area contributed by atoms with Gasteiger partial charge in [0.1, 0.15) is 0 Å². The van der Waals surface area contributed by atoms with Crippen LogP contribution in [0.4, 0.5) is 0 Å². The molecule has 0 aromatic rings. The summed E-state index contributed by atoms with van der Waals surface area (Å²) in [6.45, 7) is 8.60. The lowest BCUT2D eigenvalue weighted by Crippen LogP contribution is -2.26. The summed E-state index contributed by atoms with van der Waals surface area (Å²) in [7, 11) is 0. The zero-order chi connectivity index (χ0) is 10.8. The van der Waals surface area contributed by atoms with Crippen LogP contribution in [0.2, 0.25) is 0 Å². The molecule has 0 fully saturated rings. The van der Waals surface area contributed by atoms with Crippen molar-refractivity contribution < 1.29 is 5.11 Å². The molecule has 0 amide bonds. The maximum absolute atomic E-state index is 9.23. The average Bonchev–Trinajstić information content (AvgIpc) is 2.01. The standard InChI is InChI=1S/C13H22O/c1-10-6-5-9-13(3,4)12(10)8-7-11(2)14/h6-8,11-12,14H,5,9H2,1-4H3/b8-7+/t11-,12-/m1/s1. The Morgan fingerprint density at radius 1 is 1.57 bits per heavy atom. The number of hydrogen-bond donors (Lipinski definition) is 1. The number of allylic oxidation sites excluding steroid dienone is 3. The smallest absolute Gasteiger partial charge is 0.0692 e. The molecule has 1 rings (SSSR count). The van der Waals surface area contributed by atoms with Crippen LogP contribution in [0.3, 0.4) is 0 Å². The van der Waals surface area contributed by atoms with Crippen LogP contribution in [0.5, 0.6) is 0 Å². The molecule has 0 aliphatic heterocycles. The summed E-state index contributed by atoms with van der Waals surface area (Å²) >= 11 is 0. The van der Waals surface area contributed by atoms with E-state index < -0.39 is 0 Å². The average molecular weight is 194 g/mol. The molecule has 0 spiro atoms. The van der Waals surface area contributed by atoms with Gasteiger partial charge in [0.15, 0.2) is 0 Å². The molecule has 80 valence electrons. The highest BCUT2D eigenvalue weighted by molar-refractivity contribution is 5.19. The summed E-state index contributed by atoms with van der Waals surface area (Å²) in [6, 6.07) is 0. The van der Waals surface area contributed by atoms with Gasteiger partial charge in [-0.3, -0.25) is 0 Å². The van der Waals surface area contributed by atoms with Crippen LogP contribution in [0.1, 0.15) is 40.5 Å². The number of hydrogen-bond acceptors (Lipinski definition) is 1. The molecule has 0 heterocycles. The first-order valence-electron chi connectivity index (χ1n) is 5.46. The molecule has 1 nitrogen and oxygen atoms in total. The number of rotatable bonds is 2. The summed E-state index contributed by atoms with van der Waals surface area (Å²) in [5.41, 5.74) is 1.78. The Bertz CT molecular complexity index is 246. The molecule has 1 heteroatoms. The van der Waals surface area contributed by atoms with Gasteiger partial charge in [0.2, 0.25) is 0 Å². The quantitative estimate of drug-likeness (QED) is 0.669. The minimum absolute atomic E-state index is 0.333. The van der Waals surface area contributed by atoms with Crippen LogP contribution in [-0.2, 0) is 0 Å². The zero-order valence-electron chi connectivity index (χ0n) is 9.75. The fourth-order valence-electron chi connectivity index (χ4n) is 2.25. The first kappa shape index (κ1) is 11.5. The van der Waals surface area contributed by atoms with E-state index in [9.17, 15) is 5.11 Å². The second-order valence-corrected chi connectivity index (χ2v) is 5.08. The highest BCUT2D eigenvalue weighted by Crippen LogP contribution is 2.41. The van der Waals surface area contributed by atoms with E-state index in [2.05, 4.69) is 32.9 Å². The van der Waals surface area contributed by atoms with Crippen LogP contribution in [-0.4, -0.2) is 11.2 Å². The number of aliphatic hydroxyl groups is 1. The normalized spacial score (nSPS) is 28.9. The van der Waals surface area contributed by atoms with E-state index in [-0.39, 0.29) is 6.10 Å². The number of aliphatic hydroxyl groups excluding tert-OH is 1. The molecule has 0 aromatic heterocycles. The van der Waals surface area contributed by atoms with Crippen LogP contribution in [0, 0.1) is 11.3 Å². The Hall–Kier alpha value is -0.560. The predicted octanol–water partition coefficient (Wildman–Crippen LogP) is 3.31. The van der Waals surface area contributed by atoms with Gasteiger partial charge in [-0.15, -0.1) is 0 Å². The van der Waals surface area contributed by atoms with Crippen LogP contribution >= 0.6 is 0 Å². The van der Waals surface area contributed by atoms with E-state index in [1.54, 1.807) is 6.92 Å². The third-order valence-electron chi connectivity index (χ3n) is 3.17. The SMILES string of the molecule is CC1=CCCC(C)(C)[C@@H]1/C=C/[C@@H](C)O. The lowest BCUT2D eigenvalue weighted by molar-refractivity contribution is 0.234. The fraction of sp³-hybridized carbons (Fsp3) is 0.692. The van der Waals surface area contributed by atoms with Gasteiger partial charge in [0.05, 0.1) is 6.10 Å².